The molecule has 1 unspecified atom stereocenters. The Balaban J connectivity index is 1.83. The standard InChI is InChI=1S/C23H27ClN8O4S/c1-14(20-26-12-17(24)13-27-20)15(2)37(33,34)31-22-30-29-21(16-7-6-9-25-11-16)32(22)19-18(35-4)8-10-28-23(19,3)36-5/h6-15,28H,1-5H3,(H,30,31)/t14-,15-,23?/m1/s1. The number of nitrogens with one attached hydrogen (secondary N) is 2. The molecule has 3 atom stereocenters. The number of aromatic nitrogens is 6. The molecule has 196 valence electrons. The van der Waals surface area contributed by atoms with Crippen LogP contribution in [-0.4, -0.2) is 63.3 Å². The van der Waals surface area contributed by atoms with Crippen LogP contribution in [0.3, 0.4) is 0 Å². The monoisotopic (exact) mass is 546 g/mol. The third-order valence-corrected chi connectivity index (χ3v) is 8.24. The zero-order valence-electron chi connectivity index (χ0n) is 20.9. The summed E-state index contributed by atoms with van der Waals surface area (Å²) in [6.07, 6.45) is 9.46. The Bertz CT molecular complexity index is 1430. The zero-order valence-corrected chi connectivity index (χ0v) is 22.4. The molecule has 12 nitrogen and oxygen atoms in total. The molecule has 37 heavy (non-hydrogen) atoms. The summed E-state index contributed by atoms with van der Waals surface area (Å²) >= 11 is 5.88. The molecule has 3 aromatic heterocycles. The van der Waals surface area contributed by atoms with E-state index in [9.17, 15) is 8.42 Å². The van der Waals surface area contributed by atoms with Gasteiger partial charge in [0.15, 0.2) is 11.5 Å². The van der Waals surface area contributed by atoms with Gasteiger partial charge in [0.05, 0.1) is 17.4 Å². The molecule has 0 amide bonds. The summed E-state index contributed by atoms with van der Waals surface area (Å²) in [4.78, 5) is 12.5. The van der Waals surface area contributed by atoms with Gasteiger partial charge in [-0.1, -0.05) is 18.5 Å². The van der Waals surface area contributed by atoms with Crippen molar-refractivity contribution in [3.05, 3.63) is 65.8 Å². The number of hydrogen-bond acceptors (Lipinski definition) is 10. The van der Waals surface area contributed by atoms with E-state index in [4.69, 9.17) is 21.1 Å². The first-order valence-corrected chi connectivity index (χ1v) is 13.2. The largest absolute Gasteiger partial charge is 0.495 e. The number of halogens is 1. The third-order valence-electron chi connectivity index (χ3n) is 6.19. The Labute approximate surface area is 219 Å². The van der Waals surface area contributed by atoms with E-state index < -0.39 is 26.9 Å². The maximum atomic E-state index is 13.6. The fourth-order valence-electron chi connectivity index (χ4n) is 3.80. The van der Waals surface area contributed by atoms with Crippen LogP contribution in [0.5, 0.6) is 0 Å². The second kappa shape index (κ2) is 10.4. The molecular weight excluding hydrogens is 520 g/mol. The number of allylic oxidation sites excluding steroid dienone is 1. The number of dihydropyridines is 1. The van der Waals surface area contributed by atoms with Crippen LogP contribution in [0.25, 0.3) is 17.1 Å². The summed E-state index contributed by atoms with van der Waals surface area (Å²) in [5.41, 5.74) is -0.0777. The summed E-state index contributed by atoms with van der Waals surface area (Å²) in [5.74, 6) is 0.487. The smallest absolute Gasteiger partial charge is 0.243 e. The number of nitrogens with zero attached hydrogens (tertiary/aromatic N) is 6. The number of sulfonamides is 1. The minimum Gasteiger partial charge on any atom is -0.495 e. The van der Waals surface area contributed by atoms with Crippen molar-refractivity contribution < 1.29 is 17.9 Å². The molecule has 1 aliphatic heterocycles. The molecular formula is C23H27ClN8O4S. The normalized spacial score (nSPS) is 19.3. The maximum Gasteiger partial charge on any atom is 0.243 e. The molecule has 0 radical (unpaired) electrons. The van der Waals surface area contributed by atoms with Gasteiger partial charge in [0.25, 0.3) is 0 Å². The zero-order chi connectivity index (χ0) is 26.8. The highest BCUT2D eigenvalue weighted by molar-refractivity contribution is 7.93. The quantitative estimate of drug-likeness (QED) is 0.410. The molecule has 2 N–H and O–H groups in total. The lowest BCUT2D eigenvalue weighted by Crippen LogP contribution is -2.46. The summed E-state index contributed by atoms with van der Waals surface area (Å²) in [6, 6.07) is 3.53. The average molecular weight is 547 g/mol. The molecule has 0 saturated heterocycles. The summed E-state index contributed by atoms with van der Waals surface area (Å²) in [5, 5.41) is 11.1. The highest BCUT2D eigenvalue weighted by Gasteiger charge is 2.39. The van der Waals surface area contributed by atoms with Crippen LogP contribution in [0, 0.1) is 0 Å². The van der Waals surface area contributed by atoms with Gasteiger partial charge in [-0.3, -0.25) is 14.3 Å². The Hall–Kier alpha value is -3.55. The summed E-state index contributed by atoms with van der Waals surface area (Å²) < 4.78 is 42.7. The van der Waals surface area contributed by atoms with E-state index in [1.165, 1.54) is 26.6 Å². The molecule has 0 saturated carbocycles. The number of rotatable bonds is 9. The van der Waals surface area contributed by atoms with Crippen molar-refractivity contribution in [3.8, 4) is 11.4 Å². The first-order chi connectivity index (χ1) is 17.6. The average Bonchev–Trinajstić information content (AvgIpc) is 3.30. The van der Waals surface area contributed by atoms with Gasteiger partial charge in [-0.05, 0) is 32.1 Å². The Morgan fingerprint density at radius 1 is 1.16 bits per heavy atom. The van der Waals surface area contributed by atoms with Gasteiger partial charge in [0, 0.05) is 49.6 Å². The van der Waals surface area contributed by atoms with Crippen molar-refractivity contribution in [1.29, 1.82) is 0 Å². The lowest BCUT2D eigenvalue weighted by Gasteiger charge is -2.36. The Kier molecular flexibility index (Phi) is 7.48. The SMILES string of the molecule is COC1=C(n2c(NS(=O)(=O)[C@H](C)[C@@H](C)c3ncc(Cl)cn3)nnc2-c2cccnc2)C(C)(OC)NC=C1. The van der Waals surface area contributed by atoms with Gasteiger partial charge in [0.2, 0.25) is 16.0 Å². The van der Waals surface area contributed by atoms with E-state index in [0.717, 1.165) is 0 Å². The molecule has 4 rings (SSSR count). The fourth-order valence-corrected chi connectivity index (χ4v) is 5.13. The van der Waals surface area contributed by atoms with Crippen LogP contribution >= 0.6 is 11.6 Å². The van der Waals surface area contributed by atoms with Crippen molar-refractivity contribution in [2.24, 2.45) is 0 Å². The van der Waals surface area contributed by atoms with Crippen molar-refractivity contribution in [3.63, 3.8) is 0 Å². The van der Waals surface area contributed by atoms with Crippen LogP contribution in [0.15, 0.2) is 55.0 Å². The topological polar surface area (TPSA) is 146 Å². The van der Waals surface area contributed by atoms with Gasteiger partial charge in [0.1, 0.15) is 17.3 Å². The molecule has 0 fully saturated rings. The van der Waals surface area contributed by atoms with Crippen molar-refractivity contribution in [1.82, 2.24) is 35.0 Å². The van der Waals surface area contributed by atoms with Crippen molar-refractivity contribution in [2.45, 2.75) is 37.7 Å². The molecule has 0 spiro atoms. The highest BCUT2D eigenvalue weighted by Crippen LogP contribution is 2.36. The lowest BCUT2D eigenvalue weighted by atomic mass is 10.1. The highest BCUT2D eigenvalue weighted by atomic mass is 35.5. The second-order valence-corrected chi connectivity index (χ2v) is 10.9. The van der Waals surface area contributed by atoms with Gasteiger partial charge < -0.3 is 14.8 Å². The second-order valence-electron chi connectivity index (χ2n) is 8.46. The van der Waals surface area contributed by atoms with Gasteiger partial charge in [-0.15, -0.1) is 10.2 Å². The van der Waals surface area contributed by atoms with Gasteiger partial charge in [-0.25, -0.2) is 18.4 Å². The maximum absolute atomic E-state index is 13.6. The van der Waals surface area contributed by atoms with E-state index in [1.807, 2.05) is 0 Å². The van der Waals surface area contributed by atoms with Gasteiger partial charge in [-0.2, -0.15) is 0 Å². The fraction of sp³-hybridized carbons (Fsp3) is 0.348. The van der Waals surface area contributed by atoms with E-state index in [1.54, 1.807) is 62.1 Å². The van der Waals surface area contributed by atoms with E-state index in [0.29, 0.717) is 33.7 Å². The predicted molar refractivity (Wildman–Crippen MR) is 139 cm³/mol. The van der Waals surface area contributed by atoms with Gasteiger partial charge >= 0.3 is 0 Å². The van der Waals surface area contributed by atoms with Crippen LogP contribution in [-0.2, 0) is 19.5 Å². The third kappa shape index (κ3) is 5.15. The van der Waals surface area contributed by atoms with Crippen LogP contribution < -0.4 is 10.0 Å². The molecule has 4 heterocycles. The lowest BCUT2D eigenvalue weighted by molar-refractivity contribution is 0.0309. The number of methoxy groups -OCH3 is 2. The Morgan fingerprint density at radius 3 is 2.51 bits per heavy atom. The summed E-state index contributed by atoms with van der Waals surface area (Å²) in [6.45, 7) is 5.07. The minimum absolute atomic E-state index is 0.0557. The van der Waals surface area contributed by atoms with E-state index >= 15 is 0 Å². The van der Waals surface area contributed by atoms with Crippen molar-refractivity contribution in [2.75, 3.05) is 18.9 Å². The number of ether oxygens (including phenoxy) is 2. The van der Waals surface area contributed by atoms with Crippen LogP contribution in [0.1, 0.15) is 32.5 Å². The Morgan fingerprint density at radius 2 is 1.89 bits per heavy atom. The van der Waals surface area contributed by atoms with E-state index in [-0.39, 0.29) is 5.95 Å². The number of pyridine rings is 1. The van der Waals surface area contributed by atoms with Crippen LogP contribution in [0.4, 0.5) is 5.95 Å². The molecule has 0 bridgehead atoms. The molecule has 3 aromatic rings. The number of hydrogen-bond donors (Lipinski definition) is 2. The van der Waals surface area contributed by atoms with E-state index in [2.05, 4.69) is 35.2 Å². The van der Waals surface area contributed by atoms with Crippen molar-refractivity contribution >= 4 is 33.3 Å². The molecule has 14 heteroatoms. The first-order valence-electron chi connectivity index (χ1n) is 11.2. The predicted octanol–water partition coefficient (Wildman–Crippen LogP) is 3.01. The summed E-state index contributed by atoms with van der Waals surface area (Å²) in [7, 11) is -0.984. The number of anilines is 1. The van der Waals surface area contributed by atoms with Crippen LogP contribution in [0.2, 0.25) is 5.02 Å². The molecule has 0 aromatic carbocycles. The molecule has 0 aliphatic carbocycles. The first kappa shape index (κ1) is 26.5. The molecule has 1 aliphatic rings. The minimum atomic E-state index is -4.01.